The maximum Gasteiger partial charge on any atom is 0.234 e. The van der Waals surface area contributed by atoms with E-state index in [9.17, 15) is 22.8 Å². The number of carbonyl (C=O) groups is 2. The quantitative estimate of drug-likeness (QED) is 0.569. The van der Waals surface area contributed by atoms with Crippen LogP contribution in [-0.2, 0) is 22.4 Å². The predicted octanol–water partition coefficient (Wildman–Crippen LogP) is 4.47. The van der Waals surface area contributed by atoms with Crippen LogP contribution < -0.4 is 5.32 Å². The fourth-order valence-electron chi connectivity index (χ4n) is 4.59. The number of piperidine rings is 1. The summed E-state index contributed by atoms with van der Waals surface area (Å²) in [4.78, 5) is 28.1. The van der Waals surface area contributed by atoms with Crippen LogP contribution in [0.15, 0.2) is 36.4 Å². The Morgan fingerprint density at radius 2 is 1.69 bits per heavy atom. The van der Waals surface area contributed by atoms with Crippen LogP contribution in [0.5, 0.6) is 0 Å². The van der Waals surface area contributed by atoms with E-state index in [1.165, 1.54) is 18.2 Å². The molecule has 0 bridgehead atoms. The lowest BCUT2D eigenvalue weighted by Crippen LogP contribution is -2.51. The van der Waals surface area contributed by atoms with E-state index in [1.54, 1.807) is 12.1 Å². The molecule has 2 aromatic rings. The number of nitrogens with one attached hydrogen (secondary N) is 1. The van der Waals surface area contributed by atoms with Gasteiger partial charge in [-0.05, 0) is 74.9 Å². The van der Waals surface area contributed by atoms with Crippen LogP contribution in [0.2, 0.25) is 0 Å². The summed E-state index contributed by atoms with van der Waals surface area (Å²) < 4.78 is 41.0. The highest BCUT2D eigenvalue weighted by Gasteiger charge is 2.28. The third-order valence-electron chi connectivity index (χ3n) is 6.66. The lowest BCUT2D eigenvalue weighted by molar-refractivity contribution is -0.129. The van der Waals surface area contributed by atoms with Gasteiger partial charge in [0.15, 0.2) is 17.4 Å². The number of aryl methyl sites for hydroxylation is 1. The van der Waals surface area contributed by atoms with Crippen molar-refractivity contribution in [2.45, 2.75) is 70.5 Å². The average molecular weight is 486 g/mol. The molecule has 3 rings (SSSR count). The second-order valence-corrected chi connectivity index (χ2v) is 9.27. The van der Waals surface area contributed by atoms with E-state index in [2.05, 4.69) is 24.1 Å². The molecule has 186 valence electrons. The summed E-state index contributed by atoms with van der Waals surface area (Å²) in [5.41, 5.74) is 0.847. The molecule has 0 saturated carbocycles. The number of amides is 1. The Balaban J connectivity index is 1.71. The van der Waals surface area contributed by atoms with Gasteiger partial charge in [0.05, 0.1) is 18.2 Å². The van der Waals surface area contributed by atoms with Crippen LogP contribution in [0.1, 0.15) is 56.2 Å². The molecular formula is C27H30F3N3O2. The smallest absolute Gasteiger partial charge is 0.234 e. The third kappa shape index (κ3) is 7.15. The third-order valence-corrected chi connectivity index (χ3v) is 6.66. The minimum Gasteiger partial charge on any atom is -0.345 e. The van der Waals surface area contributed by atoms with Gasteiger partial charge in [-0.15, -0.1) is 0 Å². The Morgan fingerprint density at radius 3 is 2.31 bits per heavy atom. The van der Waals surface area contributed by atoms with E-state index in [1.807, 2.05) is 0 Å². The summed E-state index contributed by atoms with van der Waals surface area (Å²) in [5.74, 6) is -3.28. The van der Waals surface area contributed by atoms with Crippen molar-refractivity contribution in [1.82, 2.24) is 10.2 Å². The van der Waals surface area contributed by atoms with E-state index < -0.39 is 23.5 Å². The molecule has 0 radical (unpaired) electrons. The predicted molar refractivity (Wildman–Crippen MR) is 126 cm³/mol. The minimum absolute atomic E-state index is 0.00854. The van der Waals surface area contributed by atoms with E-state index in [-0.39, 0.29) is 55.1 Å². The summed E-state index contributed by atoms with van der Waals surface area (Å²) >= 11 is 0. The first kappa shape index (κ1) is 26.4. The number of hydrogen-bond acceptors (Lipinski definition) is 4. The molecule has 1 saturated heterocycles. The van der Waals surface area contributed by atoms with Gasteiger partial charge in [-0.1, -0.05) is 18.6 Å². The standard InChI is InChI=1S/C27H30F3N3O2/c1-17-4-3-5-18(2)33(17)16-27(35)32-25(14-20-7-10-22(28)24(30)13-20)26(34)11-8-19-6-9-21(15-31)23(29)12-19/h6-7,9-10,12-13,17-18,25H,3-5,8,11,14,16H2,1-2H3,(H,32,35)/t17-,18+,25-/m0/s1. The van der Waals surface area contributed by atoms with Gasteiger partial charge in [-0.2, -0.15) is 5.26 Å². The Hall–Kier alpha value is -3.18. The molecule has 8 heteroatoms. The van der Waals surface area contributed by atoms with E-state index in [0.29, 0.717) is 11.1 Å². The zero-order chi connectivity index (χ0) is 25.5. The van der Waals surface area contributed by atoms with E-state index in [0.717, 1.165) is 31.4 Å². The topological polar surface area (TPSA) is 73.2 Å². The van der Waals surface area contributed by atoms with Gasteiger partial charge in [0.1, 0.15) is 11.9 Å². The molecule has 0 spiro atoms. The maximum atomic E-state index is 13.9. The first-order chi connectivity index (χ1) is 16.7. The van der Waals surface area contributed by atoms with Gasteiger partial charge in [-0.3, -0.25) is 14.5 Å². The van der Waals surface area contributed by atoms with Crippen molar-refractivity contribution in [3.05, 3.63) is 70.5 Å². The van der Waals surface area contributed by atoms with E-state index in [4.69, 9.17) is 5.26 Å². The van der Waals surface area contributed by atoms with Gasteiger partial charge in [0.2, 0.25) is 5.91 Å². The molecule has 35 heavy (non-hydrogen) atoms. The van der Waals surface area contributed by atoms with Crippen molar-refractivity contribution >= 4 is 11.7 Å². The number of benzene rings is 2. The number of likely N-dealkylation sites (tertiary alicyclic amines) is 1. The van der Waals surface area contributed by atoms with Crippen LogP contribution in [0, 0.1) is 28.8 Å². The summed E-state index contributed by atoms with van der Waals surface area (Å²) in [6.45, 7) is 4.29. The SMILES string of the molecule is C[C@@H]1CCC[C@H](C)N1CC(=O)N[C@@H](Cc1ccc(F)c(F)c1)C(=O)CCc1ccc(C#N)c(F)c1. The van der Waals surface area contributed by atoms with Gasteiger partial charge in [-0.25, -0.2) is 13.2 Å². The molecule has 0 aromatic heterocycles. The highest BCUT2D eigenvalue weighted by Crippen LogP contribution is 2.22. The number of nitriles is 1. The molecule has 0 unspecified atom stereocenters. The van der Waals surface area contributed by atoms with Gasteiger partial charge < -0.3 is 5.32 Å². The number of rotatable bonds is 9. The highest BCUT2D eigenvalue weighted by atomic mass is 19.2. The summed E-state index contributed by atoms with van der Waals surface area (Å²) in [6, 6.07) is 8.86. The fraction of sp³-hybridized carbons (Fsp3) is 0.444. The summed E-state index contributed by atoms with van der Waals surface area (Å²) in [7, 11) is 0. The lowest BCUT2D eigenvalue weighted by Gasteiger charge is -2.38. The van der Waals surface area contributed by atoms with Crippen molar-refractivity contribution in [2.24, 2.45) is 0 Å². The molecule has 2 aromatic carbocycles. The monoisotopic (exact) mass is 485 g/mol. The molecule has 5 nitrogen and oxygen atoms in total. The molecule has 1 aliphatic heterocycles. The van der Waals surface area contributed by atoms with Gasteiger partial charge >= 0.3 is 0 Å². The summed E-state index contributed by atoms with van der Waals surface area (Å²) in [6.07, 6.45) is 3.33. The average Bonchev–Trinajstić information content (AvgIpc) is 2.82. The highest BCUT2D eigenvalue weighted by molar-refractivity contribution is 5.90. The fourth-order valence-corrected chi connectivity index (χ4v) is 4.59. The Morgan fingerprint density at radius 1 is 1.03 bits per heavy atom. The number of carbonyl (C=O) groups excluding carboxylic acids is 2. The van der Waals surface area contributed by atoms with Crippen molar-refractivity contribution in [3.8, 4) is 6.07 Å². The Labute approximate surface area is 203 Å². The number of ketones is 1. The van der Waals surface area contributed by atoms with Crippen LogP contribution in [0.3, 0.4) is 0 Å². The first-order valence-corrected chi connectivity index (χ1v) is 11.9. The zero-order valence-electron chi connectivity index (χ0n) is 20.0. The largest absolute Gasteiger partial charge is 0.345 e. The second kappa shape index (κ2) is 12.0. The van der Waals surface area contributed by atoms with Gasteiger partial charge in [0.25, 0.3) is 0 Å². The first-order valence-electron chi connectivity index (χ1n) is 11.9. The molecule has 1 aliphatic rings. The maximum absolute atomic E-state index is 13.9. The summed E-state index contributed by atoms with van der Waals surface area (Å²) in [5, 5.41) is 11.7. The Bertz CT molecular complexity index is 1110. The Kier molecular flexibility index (Phi) is 9.05. The van der Waals surface area contributed by atoms with Crippen LogP contribution in [-0.4, -0.2) is 41.3 Å². The van der Waals surface area contributed by atoms with Crippen molar-refractivity contribution in [2.75, 3.05) is 6.54 Å². The minimum atomic E-state index is -1.02. The number of hydrogen-bond donors (Lipinski definition) is 1. The van der Waals surface area contributed by atoms with Gasteiger partial charge in [0, 0.05) is 18.5 Å². The molecule has 3 atom stereocenters. The normalized spacial score (nSPS) is 19.1. The molecule has 0 aliphatic carbocycles. The number of nitrogens with zero attached hydrogens (tertiary/aromatic N) is 2. The number of Topliss-reactive ketones (excluding diaryl/α,β-unsaturated/α-hetero) is 1. The molecule has 1 heterocycles. The zero-order valence-corrected chi connectivity index (χ0v) is 20.0. The number of halogens is 3. The van der Waals surface area contributed by atoms with Crippen molar-refractivity contribution in [1.29, 1.82) is 5.26 Å². The van der Waals surface area contributed by atoms with Crippen molar-refractivity contribution < 1.29 is 22.8 Å². The van der Waals surface area contributed by atoms with Crippen LogP contribution >= 0.6 is 0 Å². The molecule has 1 fully saturated rings. The van der Waals surface area contributed by atoms with Crippen molar-refractivity contribution in [3.63, 3.8) is 0 Å². The lowest BCUT2D eigenvalue weighted by atomic mass is 9.96. The molecular weight excluding hydrogens is 455 g/mol. The molecule has 1 N–H and O–H groups in total. The molecule has 1 amide bonds. The van der Waals surface area contributed by atoms with E-state index >= 15 is 0 Å². The second-order valence-electron chi connectivity index (χ2n) is 9.27. The van der Waals surface area contributed by atoms with Crippen LogP contribution in [0.25, 0.3) is 0 Å². The van der Waals surface area contributed by atoms with Crippen LogP contribution in [0.4, 0.5) is 13.2 Å².